The lowest BCUT2D eigenvalue weighted by molar-refractivity contribution is -0.227. The summed E-state index contributed by atoms with van der Waals surface area (Å²) in [6.07, 6.45) is -6.48. The maximum Gasteiger partial charge on any atom is 0.343 e. The number of rotatable bonds is 24. The molecule has 440 valence electrons. The second kappa shape index (κ2) is 26.3. The van der Waals surface area contributed by atoms with E-state index in [9.17, 15) is 68.7 Å². The summed E-state index contributed by atoms with van der Waals surface area (Å²) >= 11 is 0. The molecule has 8 rings (SSSR count). The number of hydrogen-bond donors (Lipinski definition) is 13. The zero-order valence-corrected chi connectivity index (χ0v) is 44.9. The highest BCUT2D eigenvalue weighted by Crippen LogP contribution is 2.46. The van der Waals surface area contributed by atoms with Gasteiger partial charge in [0.2, 0.25) is 41.4 Å². The predicted octanol–water partition coefficient (Wildman–Crippen LogP) is -4.58. The Bertz CT molecular complexity index is 3180. The number of fused-ring (bicyclic) bond motifs is 5. The van der Waals surface area contributed by atoms with Crippen molar-refractivity contribution in [2.24, 2.45) is 5.73 Å². The molecule has 2 aromatic carbocycles. The molecule has 1 aliphatic carbocycles. The van der Waals surface area contributed by atoms with Crippen molar-refractivity contribution in [3.8, 4) is 17.1 Å². The van der Waals surface area contributed by atoms with Gasteiger partial charge in [0.15, 0.2) is 5.60 Å². The second-order valence-electron chi connectivity index (χ2n) is 20.2. The third-order valence-electron chi connectivity index (χ3n) is 14.9. The molecule has 28 heteroatoms. The van der Waals surface area contributed by atoms with Crippen molar-refractivity contribution in [3.63, 3.8) is 0 Å². The highest BCUT2D eigenvalue weighted by Gasteiger charge is 2.46. The average molecular weight is 1140 g/mol. The van der Waals surface area contributed by atoms with Gasteiger partial charge in [0.05, 0.1) is 74.4 Å². The van der Waals surface area contributed by atoms with Crippen LogP contribution in [0.25, 0.3) is 22.3 Å². The molecule has 7 amide bonds. The third-order valence-corrected chi connectivity index (χ3v) is 14.9. The Morgan fingerprint density at radius 2 is 1.56 bits per heavy atom. The Morgan fingerprint density at radius 1 is 0.854 bits per heavy atom. The van der Waals surface area contributed by atoms with Crippen molar-refractivity contribution in [3.05, 3.63) is 92.3 Å². The Balaban J connectivity index is 0.782. The van der Waals surface area contributed by atoms with E-state index in [1.165, 1.54) is 11.7 Å². The smallest absolute Gasteiger partial charge is 0.343 e. The van der Waals surface area contributed by atoms with Crippen LogP contribution in [0.1, 0.15) is 72.0 Å². The summed E-state index contributed by atoms with van der Waals surface area (Å²) in [6, 6.07) is 10.9. The highest BCUT2D eigenvalue weighted by molar-refractivity contribution is 5.95. The van der Waals surface area contributed by atoms with E-state index in [4.69, 9.17) is 29.7 Å². The number of aromatic nitrogens is 2. The van der Waals surface area contributed by atoms with Crippen LogP contribution in [0.4, 0.5) is 0 Å². The molecular weight excluding hydrogens is 1080 g/mol. The molecule has 0 spiro atoms. The number of benzene rings is 2. The third kappa shape index (κ3) is 13.3. The van der Waals surface area contributed by atoms with E-state index < -0.39 is 147 Å². The Kier molecular flexibility index (Phi) is 19.3. The molecular formula is C54H66N10O18. The van der Waals surface area contributed by atoms with E-state index in [0.29, 0.717) is 46.6 Å². The van der Waals surface area contributed by atoms with Crippen LogP contribution in [-0.4, -0.2) is 178 Å². The number of nitrogens with one attached hydrogen (secondary N) is 7. The molecule has 3 aliphatic heterocycles. The molecule has 82 heavy (non-hydrogen) atoms. The number of aryl methyl sites for hydroxylation is 1. The lowest BCUT2D eigenvalue weighted by atomic mass is 9.83. The van der Waals surface area contributed by atoms with Gasteiger partial charge in [0, 0.05) is 42.0 Å². The number of methoxy groups -OCH3 is 1. The molecule has 1 fully saturated rings. The van der Waals surface area contributed by atoms with Crippen LogP contribution in [0.5, 0.6) is 5.75 Å². The van der Waals surface area contributed by atoms with Gasteiger partial charge in [0.25, 0.3) is 5.56 Å². The van der Waals surface area contributed by atoms with Crippen LogP contribution in [0, 0.1) is 0 Å². The zero-order valence-electron chi connectivity index (χ0n) is 44.9. The van der Waals surface area contributed by atoms with Gasteiger partial charge < -0.3 is 92.0 Å². The Hall–Kier alpha value is -7.96. The van der Waals surface area contributed by atoms with Crippen LogP contribution >= 0.6 is 0 Å². The normalized spacial score (nSPS) is 22.0. The number of carbonyl (C=O) groups excluding carboxylic acids is 8. The van der Waals surface area contributed by atoms with E-state index in [0.717, 1.165) is 16.5 Å². The van der Waals surface area contributed by atoms with Crippen molar-refractivity contribution in [1.82, 2.24) is 46.8 Å². The number of nitrogens with two attached hydrogens (primary N) is 1. The number of cyclic esters (lactones) is 1. The molecule has 14 N–H and O–H groups in total. The van der Waals surface area contributed by atoms with Gasteiger partial charge >= 0.3 is 5.97 Å². The summed E-state index contributed by atoms with van der Waals surface area (Å²) < 4.78 is 23.2. The van der Waals surface area contributed by atoms with Gasteiger partial charge in [-0.3, -0.25) is 38.4 Å². The first-order valence-electron chi connectivity index (χ1n) is 26.6. The molecule has 0 bridgehead atoms. The van der Waals surface area contributed by atoms with E-state index in [1.54, 1.807) is 49.4 Å². The maximum atomic E-state index is 14.0. The number of pyridine rings is 2. The van der Waals surface area contributed by atoms with E-state index >= 15 is 0 Å². The first-order chi connectivity index (χ1) is 39.2. The summed E-state index contributed by atoms with van der Waals surface area (Å²) in [5.74, 6) is -5.20. The van der Waals surface area contributed by atoms with Crippen LogP contribution in [0.2, 0.25) is 0 Å². The molecule has 9 atom stereocenters. The second-order valence-corrected chi connectivity index (χ2v) is 20.2. The Morgan fingerprint density at radius 3 is 2.28 bits per heavy atom. The summed E-state index contributed by atoms with van der Waals surface area (Å²) in [5.41, 5.74) is 8.17. The molecule has 4 aromatic rings. The van der Waals surface area contributed by atoms with Crippen molar-refractivity contribution in [2.45, 2.75) is 113 Å². The minimum absolute atomic E-state index is 0.00524. The average Bonchev–Trinajstić information content (AvgIpc) is 3.85. The summed E-state index contributed by atoms with van der Waals surface area (Å²) in [5, 5.41) is 69.1. The van der Waals surface area contributed by atoms with Crippen LogP contribution in [0.15, 0.2) is 53.3 Å². The van der Waals surface area contributed by atoms with E-state index in [2.05, 4.69) is 37.2 Å². The number of esters is 1. The molecule has 28 nitrogen and oxygen atoms in total. The van der Waals surface area contributed by atoms with Gasteiger partial charge in [-0.1, -0.05) is 37.3 Å². The molecule has 0 unspecified atom stereocenters. The molecule has 5 heterocycles. The molecule has 0 saturated carbocycles. The lowest BCUT2D eigenvalue weighted by Gasteiger charge is -2.40. The predicted molar refractivity (Wildman–Crippen MR) is 284 cm³/mol. The van der Waals surface area contributed by atoms with Crippen molar-refractivity contribution >= 4 is 58.2 Å². The fourth-order valence-electron chi connectivity index (χ4n) is 10.4. The maximum absolute atomic E-state index is 14.0. The van der Waals surface area contributed by atoms with E-state index in [-0.39, 0.29) is 56.5 Å². The fourth-order valence-corrected chi connectivity index (χ4v) is 10.4. The molecule has 0 radical (unpaired) electrons. The van der Waals surface area contributed by atoms with Crippen molar-refractivity contribution in [1.29, 1.82) is 0 Å². The van der Waals surface area contributed by atoms with Crippen molar-refractivity contribution in [2.75, 3.05) is 53.2 Å². The summed E-state index contributed by atoms with van der Waals surface area (Å²) in [7, 11) is 1.54. The molecule has 2 aromatic heterocycles. The number of aliphatic hydroxyl groups excluding tert-OH is 4. The van der Waals surface area contributed by atoms with Gasteiger partial charge in [0.1, 0.15) is 62.3 Å². The lowest BCUT2D eigenvalue weighted by Crippen LogP contribution is -2.60. The largest absolute Gasteiger partial charge is 0.497 e. The molecule has 4 aliphatic rings. The Labute approximate surface area is 467 Å². The van der Waals surface area contributed by atoms with Gasteiger partial charge in [-0.25, -0.2) is 9.78 Å². The number of ether oxygens (including phenoxy) is 4. The number of nitrogens with zero attached hydrogens (tertiary/aromatic N) is 2. The highest BCUT2D eigenvalue weighted by atomic mass is 16.6. The van der Waals surface area contributed by atoms with Gasteiger partial charge in [-0.15, -0.1) is 0 Å². The zero-order chi connectivity index (χ0) is 59.0. The minimum Gasteiger partial charge on any atom is -0.497 e. The molecule has 1 saturated heterocycles. The van der Waals surface area contributed by atoms with Crippen LogP contribution < -0.4 is 53.2 Å². The number of amides is 7. The van der Waals surface area contributed by atoms with Gasteiger partial charge in [-0.05, 0) is 54.5 Å². The number of aliphatic hydroxyl groups is 5. The quantitative estimate of drug-likeness (QED) is 0.0157. The van der Waals surface area contributed by atoms with Gasteiger partial charge in [-0.2, -0.15) is 0 Å². The standard InChI is InChI=1S/C54H66N10O18/c1-3-54(78)31-16-36-46-29(21-64(36)52(76)30(31)23-81-53(54)77)45-33(11-9-27-14-28(79-2)15-34(63-46)44(27)45)61-43(70)24-80-25-60-41(68)19-59-51(75)35(13-26-7-5-4-6-8-26)62-42(69)20-57-40(67)18-58-50(74)32(55)10-12-39(66)56-17-37-47(71)49(73)48(72)38(22-65)82-37/h4-8,14-16,32-33,35,37-38,47-49,65,71-73,78H,3,9-13,17-25,55H2,1-2H3,(H,56,66)(H,57,67)(H,58,74)(H,59,75)(H,60,68)(H,61,70)(H,62,69)/t32-,33+,35-,37-,38+,47-,48+,49+,54-/m0/s1. The van der Waals surface area contributed by atoms with Crippen LogP contribution in [0.3, 0.4) is 0 Å². The summed E-state index contributed by atoms with van der Waals surface area (Å²) in [4.78, 5) is 122. The first-order valence-corrected chi connectivity index (χ1v) is 26.6. The van der Waals surface area contributed by atoms with E-state index in [1.807, 2.05) is 6.07 Å². The summed E-state index contributed by atoms with van der Waals surface area (Å²) in [6.45, 7) is -2.16. The number of hydrogen-bond acceptors (Lipinski definition) is 20. The van der Waals surface area contributed by atoms with Crippen LogP contribution in [-0.2, 0) is 84.2 Å². The first kappa shape index (κ1) is 60.1. The fraction of sp³-hybridized carbons (Fsp3) is 0.481. The monoisotopic (exact) mass is 1140 g/mol. The topological polar surface area (TPSA) is 420 Å². The minimum atomic E-state index is -2.03. The SMILES string of the molecule is CC[C@@]1(O)C(=O)OCc2c1cc1n(c2=O)Cc2c-1nc1cc(OC)cc3c1c2[C@H](NC(=O)COCNC(=O)CNC(=O)[C@H](Cc1ccccc1)NC(=O)CNC(=O)CNC(=O)[C@@H](N)CCC(=O)NC[C@@H]1O[C@H](CO)[C@@H](O)[C@H](O)[C@H]1O)CC3. The van der Waals surface area contributed by atoms with Crippen molar-refractivity contribution < 1.29 is 82.8 Å². The number of carbonyl (C=O) groups is 8.